The van der Waals surface area contributed by atoms with Crippen molar-refractivity contribution in [2.75, 3.05) is 6.54 Å². The van der Waals surface area contributed by atoms with Crippen LogP contribution >= 0.6 is 0 Å². The van der Waals surface area contributed by atoms with E-state index in [1.54, 1.807) is 0 Å². The molecular formula is C15H25NO3. The van der Waals surface area contributed by atoms with E-state index in [0.717, 1.165) is 38.6 Å². The zero-order valence-corrected chi connectivity index (χ0v) is 12.0. The minimum Gasteiger partial charge on any atom is -0.481 e. The Labute approximate surface area is 115 Å². The number of aliphatic carboxylic acids is 1. The van der Waals surface area contributed by atoms with Crippen LogP contribution in [0.15, 0.2) is 0 Å². The first-order chi connectivity index (χ1) is 9.04. The topological polar surface area (TPSA) is 57.6 Å². The number of carboxylic acids is 1. The van der Waals surface area contributed by atoms with Gasteiger partial charge in [0.05, 0.1) is 11.8 Å². The van der Waals surface area contributed by atoms with Gasteiger partial charge in [-0.2, -0.15) is 0 Å². The van der Waals surface area contributed by atoms with Crippen LogP contribution < -0.4 is 0 Å². The Balaban J connectivity index is 2.05. The fourth-order valence-electron chi connectivity index (χ4n) is 3.24. The SMILES string of the molecule is CCCCN(C(=O)C1CC(C)CC1C(=O)O)C1CC1. The molecule has 19 heavy (non-hydrogen) atoms. The first-order valence-corrected chi connectivity index (χ1v) is 7.57. The van der Waals surface area contributed by atoms with E-state index >= 15 is 0 Å². The summed E-state index contributed by atoms with van der Waals surface area (Å²) >= 11 is 0. The molecule has 1 amide bonds. The van der Waals surface area contributed by atoms with Gasteiger partial charge in [0.1, 0.15) is 0 Å². The van der Waals surface area contributed by atoms with Gasteiger partial charge in [-0.05, 0) is 38.0 Å². The molecule has 1 N–H and O–H groups in total. The van der Waals surface area contributed by atoms with Crippen molar-refractivity contribution < 1.29 is 14.7 Å². The van der Waals surface area contributed by atoms with Gasteiger partial charge in [-0.1, -0.05) is 20.3 Å². The molecule has 0 radical (unpaired) electrons. The number of unbranched alkanes of at least 4 members (excludes halogenated alkanes) is 1. The van der Waals surface area contributed by atoms with E-state index in [2.05, 4.69) is 13.8 Å². The van der Waals surface area contributed by atoms with Gasteiger partial charge in [0.2, 0.25) is 5.91 Å². The van der Waals surface area contributed by atoms with Crippen LogP contribution in [-0.4, -0.2) is 34.5 Å². The van der Waals surface area contributed by atoms with E-state index in [4.69, 9.17) is 0 Å². The number of hydrogen-bond donors (Lipinski definition) is 1. The third-order valence-corrected chi connectivity index (χ3v) is 4.46. The van der Waals surface area contributed by atoms with E-state index in [0.29, 0.717) is 18.4 Å². The van der Waals surface area contributed by atoms with Crippen molar-refractivity contribution in [1.82, 2.24) is 4.90 Å². The second-order valence-electron chi connectivity index (χ2n) is 6.24. The number of carboxylic acid groups (broad SMARTS) is 1. The summed E-state index contributed by atoms with van der Waals surface area (Å²) in [5.74, 6) is -1.10. The minimum atomic E-state index is -0.797. The Morgan fingerprint density at radius 1 is 1.21 bits per heavy atom. The molecule has 2 aliphatic carbocycles. The quantitative estimate of drug-likeness (QED) is 0.804. The van der Waals surface area contributed by atoms with Gasteiger partial charge < -0.3 is 10.0 Å². The fourth-order valence-corrected chi connectivity index (χ4v) is 3.24. The summed E-state index contributed by atoms with van der Waals surface area (Å²) in [5.41, 5.74) is 0. The Hall–Kier alpha value is -1.06. The lowest BCUT2D eigenvalue weighted by Gasteiger charge is -2.27. The number of carbonyl (C=O) groups excluding carboxylic acids is 1. The van der Waals surface area contributed by atoms with Gasteiger partial charge in [-0.25, -0.2) is 0 Å². The maximum Gasteiger partial charge on any atom is 0.307 e. The molecule has 3 unspecified atom stereocenters. The number of hydrogen-bond acceptors (Lipinski definition) is 2. The third-order valence-electron chi connectivity index (χ3n) is 4.46. The van der Waals surface area contributed by atoms with Crippen LogP contribution in [0.25, 0.3) is 0 Å². The van der Waals surface area contributed by atoms with Gasteiger partial charge >= 0.3 is 5.97 Å². The molecule has 0 saturated heterocycles. The lowest BCUT2D eigenvalue weighted by molar-refractivity contribution is -0.149. The normalized spacial score (nSPS) is 30.3. The molecule has 2 aliphatic rings. The third kappa shape index (κ3) is 3.28. The highest BCUT2D eigenvalue weighted by Gasteiger charge is 2.45. The summed E-state index contributed by atoms with van der Waals surface area (Å²) < 4.78 is 0. The average molecular weight is 267 g/mol. The van der Waals surface area contributed by atoms with Crippen LogP contribution in [0.5, 0.6) is 0 Å². The van der Waals surface area contributed by atoms with Crippen molar-refractivity contribution in [3.05, 3.63) is 0 Å². The average Bonchev–Trinajstić information content (AvgIpc) is 3.11. The van der Waals surface area contributed by atoms with Crippen molar-refractivity contribution in [3.63, 3.8) is 0 Å². The summed E-state index contributed by atoms with van der Waals surface area (Å²) in [7, 11) is 0. The second-order valence-corrected chi connectivity index (χ2v) is 6.24. The van der Waals surface area contributed by atoms with Crippen LogP contribution in [0.1, 0.15) is 52.4 Å². The highest BCUT2D eigenvalue weighted by Crippen LogP contribution is 2.39. The summed E-state index contributed by atoms with van der Waals surface area (Å²) in [6.45, 7) is 4.97. The Kier molecular flexibility index (Phi) is 4.48. The van der Waals surface area contributed by atoms with Gasteiger partial charge in [0.15, 0.2) is 0 Å². The first kappa shape index (κ1) is 14.4. The number of nitrogens with zero attached hydrogens (tertiary/aromatic N) is 1. The molecule has 2 fully saturated rings. The van der Waals surface area contributed by atoms with Gasteiger partial charge in [0, 0.05) is 12.6 Å². The summed E-state index contributed by atoms with van der Waals surface area (Å²) in [6, 6.07) is 0.393. The Morgan fingerprint density at radius 2 is 1.84 bits per heavy atom. The van der Waals surface area contributed by atoms with Crippen LogP contribution in [-0.2, 0) is 9.59 Å². The van der Waals surface area contributed by atoms with Crippen LogP contribution in [0.4, 0.5) is 0 Å². The number of amides is 1. The Bertz CT molecular complexity index is 351. The monoisotopic (exact) mass is 267 g/mol. The van der Waals surface area contributed by atoms with E-state index in [1.165, 1.54) is 0 Å². The van der Waals surface area contributed by atoms with Crippen molar-refractivity contribution in [3.8, 4) is 0 Å². The Morgan fingerprint density at radius 3 is 2.37 bits per heavy atom. The van der Waals surface area contributed by atoms with Crippen LogP contribution in [0.3, 0.4) is 0 Å². The minimum absolute atomic E-state index is 0.104. The summed E-state index contributed by atoms with van der Waals surface area (Å²) in [4.78, 5) is 25.9. The molecule has 0 aromatic rings. The predicted octanol–water partition coefficient (Wildman–Crippen LogP) is 2.52. The molecule has 4 nitrogen and oxygen atoms in total. The number of rotatable bonds is 6. The van der Waals surface area contributed by atoms with Crippen LogP contribution in [0, 0.1) is 17.8 Å². The highest BCUT2D eigenvalue weighted by atomic mass is 16.4. The van der Waals surface area contributed by atoms with Crippen LogP contribution in [0.2, 0.25) is 0 Å². The molecule has 0 bridgehead atoms. The van der Waals surface area contributed by atoms with E-state index in [1.807, 2.05) is 4.90 Å². The lowest BCUT2D eigenvalue weighted by Crippen LogP contribution is -2.41. The van der Waals surface area contributed by atoms with Gasteiger partial charge in [-0.3, -0.25) is 9.59 Å². The van der Waals surface area contributed by atoms with E-state index in [9.17, 15) is 14.7 Å². The molecule has 4 heteroatoms. The molecular weight excluding hydrogens is 242 g/mol. The molecule has 0 aliphatic heterocycles. The molecule has 2 saturated carbocycles. The standard InChI is InChI=1S/C15H25NO3/c1-3-4-7-16(11-5-6-11)14(17)12-8-10(2)9-13(12)15(18)19/h10-13H,3-9H2,1-2H3,(H,18,19). The van der Waals surface area contributed by atoms with Crippen molar-refractivity contribution in [2.45, 2.75) is 58.4 Å². The molecule has 3 atom stereocenters. The van der Waals surface area contributed by atoms with Crippen molar-refractivity contribution in [1.29, 1.82) is 0 Å². The molecule has 0 heterocycles. The largest absolute Gasteiger partial charge is 0.481 e. The highest BCUT2D eigenvalue weighted by molar-refractivity contribution is 5.85. The maximum atomic E-state index is 12.7. The summed E-state index contributed by atoms with van der Waals surface area (Å²) in [5, 5.41) is 9.29. The smallest absolute Gasteiger partial charge is 0.307 e. The van der Waals surface area contributed by atoms with E-state index < -0.39 is 11.9 Å². The fraction of sp³-hybridized carbons (Fsp3) is 0.867. The molecule has 2 rings (SSSR count). The molecule has 0 aromatic carbocycles. The second kappa shape index (κ2) is 5.93. The van der Waals surface area contributed by atoms with E-state index in [-0.39, 0.29) is 11.8 Å². The summed E-state index contributed by atoms with van der Waals surface area (Å²) in [6.07, 6.45) is 5.66. The zero-order chi connectivity index (χ0) is 14.0. The van der Waals surface area contributed by atoms with Gasteiger partial charge in [-0.15, -0.1) is 0 Å². The molecule has 0 aromatic heterocycles. The molecule has 108 valence electrons. The van der Waals surface area contributed by atoms with Crippen molar-refractivity contribution in [2.24, 2.45) is 17.8 Å². The lowest BCUT2D eigenvalue weighted by atomic mass is 9.94. The first-order valence-electron chi connectivity index (χ1n) is 7.57. The van der Waals surface area contributed by atoms with Gasteiger partial charge in [0.25, 0.3) is 0 Å². The number of carbonyl (C=O) groups is 2. The predicted molar refractivity (Wildman–Crippen MR) is 72.7 cm³/mol. The maximum absolute atomic E-state index is 12.7. The zero-order valence-electron chi connectivity index (χ0n) is 12.0. The van der Waals surface area contributed by atoms with Crippen molar-refractivity contribution >= 4 is 11.9 Å². The molecule has 0 spiro atoms.